The van der Waals surface area contributed by atoms with Crippen LogP contribution in [0, 0.1) is 17.3 Å². The minimum atomic E-state index is -0.922. The van der Waals surface area contributed by atoms with E-state index in [1.807, 2.05) is 19.9 Å². The number of nitroso groups, excluding NO2 is 1. The number of nitrogens with zero attached hydrogens (tertiary/aromatic N) is 1. The van der Waals surface area contributed by atoms with Crippen LogP contribution in [0.15, 0.2) is 56.4 Å². The maximum absolute atomic E-state index is 13.8. The molecule has 232 valence electrons. The van der Waals surface area contributed by atoms with E-state index in [1.54, 1.807) is 24.3 Å². The van der Waals surface area contributed by atoms with Crippen molar-refractivity contribution >= 4 is 28.6 Å². The number of rotatable bonds is 16. The zero-order valence-corrected chi connectivity index (χ0v) is 24.7. The molecule has 0 aliphatic carbocycles. The highest BCUT2D eigenvalue weighted by Gasteiger charge is 2.26. The van der Waals surface area contributed by atoms with Gasteiger partial charge in [-0.1, -0.05) is 17.6 Å². The minimum absolute atomic E-state index is 0.0394. The van der Waals surface area contributed by atoms with E-state index < -0.39 is 29.5 Å². The Balaban J connectivity index is 1.88. The number of hydrogen-bond acceptors (Lipinski definition) is 12. The number of hydrogen-bond donors (Lipinski definition) is 1. The predicted octanol–water partition coefficient (Wildman–Crippen LogP) is 4.98. The topological polar surface area (TPSA) is 160 Å². The number of carbonyl (C=O) groups is 2. The van der Waals surface area contributed by atoms with Gasteiger partial charge in [-0.2, -0.15) is 0 Å². The number of ether oxygens (including phenoxy) is 5. The second-order valence-corrected chi connectivity index (χ2v) is 9.56. The molecule has 0 radical (unpaired) electrons. The maximum Gasteiger partial charge on any atom is 0.312 e. The van der Waals surface area contributed by atoms with Gasteiger partial charge in [0.05, 0.1) is 45.2 Å². The molecule has 1 heterocycles. The molecule has 2 aromatic carbocycles. The van der Waals surface area contributed by atoms with Crippen molar-refractivity contribution in [3.8, 4) is 40.9 Å². The average molecular weight is 608 g/mol. The first-order valence-electron chi connectivity index (χ1n) is 13.6. The molecule has 44 heavy (non-hydrogen) atoms. The second kappa shape index (κ2) is 16.6. The van der Waals surface area contributed by atoms with Crippen molar-refractivity contribution in [3.05, 3.63) is 62.7 Å². The zero-order chi connectivity index (χ0) is 32.1. The van der Waals surface area contributed by atoms with Gasteiger partial charge in [0, 0.05) is 17.2 Å². The van der Waals surface area contributed by atoms with Crippen molar-refractivity contribution in [2.24, 2.45) is 5.18 Å². The van der Waals surface area contributed by atoms with Gasteiger partial charge in [-0.3, -0.25) is 14.4 Å². The predicted molar refractivity (Wildman–Crippen MR) is 161 cm³/mol. The molecule has 0 spiro atoms. The van der Waals surface area contributed by atoms with Crippen molar-refractivity contribution in [1.82, 2.24) is 0 Å². The Labute approximate surface area is 253 Å². The zero-order valence-electron chi connectivity index (χ0n) is 24.7. The van der Waals surface area contributed by atoms with Crippen LogP contribution in [0.5, 0.6) is 17.2 Å². The first kappa shape index (κ1) is 33.5. The summed E-state index contributed by atoms with van der Waals surface area (Å²) in [7, 11) is 1.49. The van der Waals surface area contributed by atoms with Crippen LogP contribution >= 0.6 is 0 Å². The third kappa shape index (κ3) is 9.00. The van der Waals surface area contributed by atoms with Gasteiger partial charge in [0.2, 0.25) is 11.2 Å². The number of aromatic hydroxyl groups is 1. The lowest BCUT2D eigenvalue weighted by atomic mass is 10.0. The highest BCUT2D eigenvalue weighted by atomic mass is 16.6. The molecule has 1 N–H and O–H groups in total. The van der Waals surface area contributed by atoms with E-state index in [2.05, 4.69) is 11.1 Å². The summed E-state index contributed by atoms with van der Waals surface area (Å²) in [4.78, 5) is 50.4. The second-order valence-electron chi connectivity index (χ2n) is 9.56. The van der Waals surface area contributed by atoms with Crippen LogP contribution < -0.4 is 14.9 Å². The summed E-state index contributed by atoms with van der Waals surface area (Å²) in [5.74, 6) is 0.310. The van der Waals surface area contributed by atoms with Gasteiger partial charge in [-0.05, 0) is 49.7 Å². The van der Waals surface area contributed by atoms with Crippen LogP contribution in [0.2, 0.25) is 0 Å². The number of benzene rings is 2. The van der Waals surface area contributed by atoms with Gasteiger partial charge in [0.25, 0.3) is 0 Å². The van der Waals surface area contributed by atoms with Crippen LogP contribution in [-0.4, -0.2) is 57.2 Å². The van der Waals surface area contributed by atoms with Crippen molar-refractivity contribution in [3.63, 3.8) is 0 Å². The van der Waals surface area contributed by atoms with E-state index in [0.29, 0.717) is 17.9 Å². The highest BCUT2D eigenvalue weighted by molar-refractivity contribution is 5.95. The van der Waals surface area contributed by atoms with Crippen LogP contribution in [0.1, 0.15) is 32.3 Å². The number of terminal acetylenes is 1. The molecule has 0 amide bonds. The fourth-order valence-corrected chi connectivity index (χ4v) is 3.98. The first-order valence-corrected chi connectivity index (χ1v) is 13.6. The molecule has 3 aromatic rings. The van der Waals surface area contributed by atoms with E-state index in [0.717, 1.165) is 11.6 Å². The summed E-state index contributed by atoms with van der Waals surface area (Å²) in [6, 6.07) is 7.44. The monoisotopic (exact) mass is 607 g/mol. The molecule has 12 heteroatoms. The normalized spacial score (nSPS) is 10.6. The van der Waals surface area contributed by atoms with Crippen LogP contribution in [-0.2, 0) is 30.2 Å². The maximum atomic E-state index is 13.8. The number of methoxy groups -OCH3 is 1. The lowest BCUT2D eigenvalue weighted by Crippen LogP contribution is -2.18. The Bertz CT molecular complexity index is 1610. The first-order chi connectivity index (χ1) is 21.2. The lowest BCUT2D eigenvalue weighted by molar-refractivity contribution is -0.148. The van der Waals surface area contributed by atoms with Crippen molar-refractivity contribution < 1.29 is 42.8 Å². The fraction of sp³-hybridized carbons (Fsp3) is 0.344. The van der Waals surface area contributed by atoms with E-state index in [-0.39, 0.29) is 73.0 Å². The molecule has 12 nitrogen and oxygen atoms in total. The van der Waals surface area contributed by atoms with E-state index >= 15 is 0 Å². The van der Waals surface area contributed by atoms with Crippen molar-refractivity contribution in [1.29, 1.82) is 0 Å². The summed E-state index contributed by atoms with van der Waals surface area (Å²) in [5.41, 5.74) is 0.193. The Morgan fingerprint density at radius 2 is 1.73 bits per heavy atom. The summed E-state index contributed by atoms with van der Waals surface area (Å²) in [6.07, 6.45) is 6.32. The van der Waals surface area contributed by atoms with Crippen molar-refractivity contribution in [2.45, 2.75) is 33.1 Å². The number of phenolic OH excluding ortho intramolecular Hbond substituents is 1. The molecular weight excluding hydrogens is 574 g/mol. The number of carbonyl (C=O) groups excluding carboxylic acids is 2. The third-order valence-corrected chi connectivity index (χ3v) is 6.15. The van der Waals surface area contributed by atoms with Crippen LogP contribution in [0.3, 0.4) is 0 Å². The number of allylic oxidation sites excluding steroid dienone is 2. The SMILES string of the molecule is C#CCOCCOCCOC(=O)CCC(=O)Oc1c(-c2ccc(OC)cc2)oc2c(CC=C(C)C)c(O)cc(N=O)c2c1=O. The summed E-state index contributed by atoms with van der Waals surface area (Å²) < 4.78 is 32.1. The molecule has 0 saturated carbocycles. The Morgan fingerprint density at radius 1 is 1.05 bits per heavy atom. The van der Waals surface area contributed by atoms with Gasteiger partial charge in [0.15, 0.2) is 5.76 Å². The summed E-state index contributed by atoms with van der Waals surface area (Å²) in [5, 5.41) is 13.3. The van der Waals surface area contributed by atoms with E-state index in [9.17, 15) is 24.4 Å². The van der Waals surface area contributed by atoms with Crippen LogP contribution in [0.4, 0.5) is 5.69 Å². The molecule has 0 fully saturated rings. The summed E-state index contributed by atoms with van der Waals surface area (Å²) in [6.45, 7) is 4.55. The largest absolute Gasteiger partial charge is 0.507 e. The van der Waals surface area contributed by atoms with Gasteiger partial charge >= 0.3 is 11.9 Å². The molecule has 3 rings (SSSR count). The molecule has 0 atom stereocenters. The Hall–Kier alpha value is -4.99. The number of phenols is 1. The minimum Gasteiger partial charge on any atom is -0.507 e. The molecule has 1 aromatic heterocycles. The molecule has 0 aliphatic rings. The van der Waals surface area contributed by atoms with E-state index in [1.165, 1.54) is 7.11 Å². The molecule has 0 aliphatic heterocycles. The Kier molecular flexibility index (Phi) is 12.6. The molecule has 0 bridgehead atoms. The number of fused-ring (bicyclic) bond motifs is 1. The smallest absolute Gasteiger partial charge is 0.312 e. The lowest BCUT2D eigenvalue weighted by Gasteiger charge is -2.14. The average Bonchev–Trinajstić information content (AvgIpc) is 3.01. The van der Waals surface area contributed by atoms with Gasteiger partial charge in [-0.15, -0.1) is 11.3 Å². The molecule has 0 saturated heterocycles. The third-order valence-electron chi connectivity index (χ3n) is 6.15. The van der Waals surface area contributed by atoms with Crippen molar-refractivity contribution in [2.75, 3.05) is 40.1 Å². The van der Waals surface area contributed by atoms with Crippen LogP contribution in [0.25, 0.3) is 22.3 Å². The Morgan fingerprint density at radius 3 is 2.39 bits per heavy atom. The standard InChI is InChI=1S/C32H33NO11/c1-5-14-40-15-16-41-17-18-42-26(35)12-13-27(36)43-32-29(37)28-24(33-38)19-25(34)23(11-6-20(2)3)31(28)44-30(32)21-7-9-22(39-4)10-8-21/h1,6-10,19,34H,11-18H2,2-4H3. The quantitative estimate of drug-likeness (QED) is 0.0769. The fourth-order valence-electron chi connectivity index (χ4n) is 3.98. The molecule has 0 unspecified atom stereocenters. The van der Waals surface area contributed by atoms with Gasteiger partial charge < -0.3 is 33.2 Å². The molecular formula is C32H33NO11. The highest BCUT2D eigenvalue weighted by Crippen LogP contribution is 2.40. The number of esters is 2. The van der Waals surface area contributed by atoms with E-state index in [4.69, 9.17) is 34.5 Å². The van der Waals surface area contributed by atoms with Gasteiger partial charge in [-0.25, -0.2) is 0 Å². The van der Waals surface area contributed by atoms with Gasteiger partial charge in [0.1, 0.15) is 36.0 Å². The summed E-state index contributed by atoms with van der Waals surface area (Å²) >= 11 is 0.